The highest BCUT2D eigenvalue weighted by Gasteiger charge is 2.20. The van der Waals surface area contributed by atoms with Gasteiger partial charge in [0.1, 0.15) is 0 Å². The summed E-state index contributed by atoms with van der Waals surface area (Å²) in [6.07, 6.45) is 0.824. The van der Waals surface area contributed by atoms with Crippen LogP contribution in [0.2, 0.25) is 0 Å². The predicted octanol–water partition coefficient (Wildman–Crippen LogP) is 4.76. The molecule has 5 nitrogen and oxygen atoms in total. The van der Waals surface area contributed by atoms with Crippen LogP contribution in [0, 0.1) is 0 Å². The number of hydrogen-bond donors (Lipinski definition) is 0. The lowest BCUT2D eigenvalue weighted by Gasteiger charge is -2.16. The van der Waals surface area contributed by atoms with Crippen LogP contribution >= 0.6 is 11.3 Å². The van der Waals surface area contributed by atoms with E-state index in [0.717, 1.165) is 16.9 Å². The summed E-state index contributed by atoms with van der Waals surface area (Å²) in [6, 6.07) is 17.7. The minimum Gasteiger partial charge on any atom is -0.493 e. The normalized spacial score (nSPS) is 10.5. The molecule has 29 heavy (non-hydrogen) atoms. The first-order valence-corrected chi connectivity index (χ1v) is 10.1. The molecule has 2 aromatic carbocycles. The fourth-order valence-corrected chi connectivity index (χ4v) is 4.15. The maximum absolute atomic E-state index is 12.8. The molecule has 0 spiro atoms. The molecule has 0 saturated heterocycles. The van der Waals surface area contributed by atoms with Crippen molar-refractivity contribution in [3.05, 3.63) is 65.0 Å². The minimum atomic E-state index is 0.0108. The Balaban J connectivity index is 1.79. The van der Waals surface area contributed by atoms with E-state index >= 15 is 0 Å². The third-order valence-corrected chi connectivity index (χ3v) is 5.82. The van der Waals surface area contributed by atoms with E-state index in [9.17, 15) is 4.79 Å². The van der Waals surface area contributed by atoms with Crippen LogP contribution in [0.5, 0.6) is 17.2 Å². The molecule has 3 aromatic rings. The number of ether oxygens (including phenoxy) is 3. The molecule has 6 heteroatoms. The van der Waals surface area contributed by atoms with Crippen LogP contribution < -0.4 is 14.2 Å². The van der Waals surface area contributed by atoms with E-state index in [1.807, 2.05) is 49.5 Å². The van der Waals surface area contributed by atoms with E-state index in [2.05, 4.69) is 12.1 Å². The summed E-state index contributed by atoms with van der Waals surface area (Å²) in [5.41, 5.74) is 2.08. The van der Waals surface area contributed by atoms with Crippen molar-refractivity contribution in [2.75, 3.05) is 34.9 Å². The molecule has 0 aliphatic carbocycles. The number of benzene rings is 2. The second kappa shape index (κ2) is 9.47. The highest BCUT2D eigenvalue weighted by Crippen LogP contribution is 2.45. The summed E-state index contributed by atoms with van der Waals surface area (Å²) in [5.74, 6) is 1.73. The Hall–Kier alpha value is -2.99. The molecule has 0 saturated carbocycles. The molecule has 0 aliphatic rings. The smallest absolute Gasteiger partial charge is 0.263 e. The second-order valence-electron chi connectivity index (χ2n) is 6.51. The summed E-state index contributed by atoms with van der Waals surface area (Å²) in [7, 11) is 6.60. The average Bonchev–Trinajstić information content (AvgIpc) is 3.26. The fourth-order valence-electron chi connectivity index (χ4n) is 3.12. The van der Waals surface area contributed by atoms with Gasteiger partial charge in [0.05, 0.1) is 26.2 Å². The second-order valence-corrected chi connectivity index (χ2v) is 7.59. The standard InChI is InChI=1S/C23H25NO4S/c1-24(15-14-16-8-6-5-7-9-16)23(25)20-13-12-19(29-20)17-10-11-18(26-2)22(28-4)21(17)27-3/h5-13H,14-15H2,1-4H3. The lowest BCUT2D eigenvalue weighted by atomic mass is 10.1. The number of methoxy groups -OCH3 is 3. The average molecular weight is 412 g/mol. The number of hydrogen-bond acceptors (Lipinski definition) is 5. The van der Waals surface area contributed by atoms with E-state index in [4.69, 9.17) is 14.2 Å². The zero-order valence-corrected chi connectivity index (χ0v) is 17.9. The Labute approximate surface area is 175 Å². The summed E-state index contributed by atoms with van der Waals surface area (Å²) >= 11 is 1.44. The Morgan fingerprint density at radius 3 is 2.28 bits per heavy atom. The summed E-state index contributed by atoms with van der Waals surface area (Å²) < 4.78 is 16.4. The number of thiophene rings is 1. The van der Waals surface area contributed by atoms with Gasteiger partial charge in [-0.2, -0.15) is 0 Å². The van der Waals surface area contributed by atoms with E-state index < -0.39 is 0 Å². The molecule has 0 unspecified atom stereocenters. The zero-order chi connectivity index (χ0) is 20.8. The van der Waals surface area contributed by atoms with E-state index in [1.165, 1.54) is 16.9 Å². The van der Waals surface area contributed by atoms with E-state index in [-0.39, 0.29) is 5.91 Å². The molecule has 1 amide bonds. The number of likely N-dealkylation sites (N-methyl/N-ethyl adjacent to an activating group) is 1. The largest absolute Gasteiger partial charge is 0.493 e. The molecule has 0 fully saturated rings. The van der Waals surface area contributed by atoms with Crippen molar-refractivity contribution in [2.24, 2.45) is 0 Å². The summed E-state index contributed by atoms with van der Waals surface area (Å²) in [6.45, 7) is 0.662. The maximum atomic E-state index is 12.8. The predicted molar refractivity (Wildman–Crippen MR) is 117 cm³/mol. The summed E-state index contributed by atoms with van der Waals surface area (Å²) in [4.78, 5) is 16.2. The van der Waals surface area contributed by atoms with Crippen LogP contribution in [0.1, 0.15) is 15.2 Å². The Morgan fingerprint density at radius 1 is 0.897 bits per heavy atom. The van der Waals surface area contributed by atoms with Crippen LogP contribution in [0.3, 0.4) is 0 Å². The highest BCUT2D eigenvalue weighted by atomic mass is 32.1. The van der Waals surface area contributed by atoms with Gasteiger partial charge in [-0.3, -0.25) is 4.79 Å². The van der Waals surface area contributed by atoms with Gasteiger partial charge in [0, 0.05) is 24.0 Å². The van der Waals surface area contributed by atoms with E-state index in [1.54, 1.807) is 26.2 Å². The Morgan fingerprint density at radius 2 is 1.62 bits per heavy atom. The van der Waals surface area contributed by atoms with Crippen LogP contribution in [-0.4, -0.2) is 45.7 Å². The number of rotatable bonds is 8. The number of amides is 1. The topological polar surface area (TPSA) is 48.0 Å². The van der Waals surface area contributed by atoms with E-state index in [0.29, 0.717) is 28.7 Å². The van der Waals surface area contributed by atoms with Gasteiger partial charge in [0.2, 0.25) is 5.75 Å². The van der Waals surface area contributed by atoms with Crippen molar-refractivity contribution in [3.8, 4) is 27.7 Å². The first kappa shape index (κ1) is 20.7. The van der Waals surface area contributed by atoms with Crippen LogP contribution in [0.15, 0.2) is 54.6 Å². The van der Waals surface area contributed by atoms with Crippen LogP contribution in [-0.2, 0) is 6.42 Å². The van der Waals surface area contributed by atoms with Crippen molar-refractivity contribution in [1.29, 1.82) is 0 Å². The number of carbonyl (C=O) groups is 1. The van der Waals surface area contributed by atoms with Gasteiger partial charge in [0.25, 0.3) is 5.91 Å². The van der Waals surface area contributed by atoms with Gasteiger partial charge in [-0.25, -0.2) is 0 Å². The molecule has 0 radical (unpaired) electrons. The quantitative estimate of drug-likeness (QED) is 0.536. The molecule has 1 heterocycles. The molecule has 152 valence electrons. The van der Waals surface area contributed by atoms with Crippen LogP contribution in [0.25, 0.3) is 10.4 Å². The first-order valence-electron chi connectivity index (χ1n) is 9.27. The lowest BCUT2D eigenvalue weighted by Crippen LogP contribution is -2.28. The molecule has 0 aliphatic heterocycles. The van der Waals surface area contributed by atoms with Gasteiger partial charge < -0.3 is 19.1 Å². The molecular weight excluding hydrogens is 386 g/mol. The first-order chi connectivity index (χ1) is 14.1. The highest BCUT2D eigenvalue weighted by molar-refractivity contribution is 7.17. The molecular formula is C23H25NO4S. The van der Waals surface area contributed by atoms with Gasteiger partial charge in [0.15, 0.2) is 11.5 Å². The van der Waals surface area contributed by atoms with Gasteiger partial charge in [-0.1, -0.05) is 30.3 Å². The van der Waals surface area contributed by atoms with Gasteiger partial charge in [-0.15, -0.1) is 11.3 Å². The zero-order valence-electron chi connectivity index (χ0n) is 17.1. The molecule has 0 atom stereocenters. The molecule has 1 aromatic heterocycles. The monoisotopic (exact) mass is 411 g/mol. The molecule has 0 N–H and O–H groups in total. The Kier molecular flexibility index (Phi) is 6.77. The fraction of sp³-hybridized carbons (Fsp3) is 0.261. The number of nitrogens with zero attached hydrogens (tertiary/aromatic N) is 1. The third-order valence-electron chi connectivity index (χ3n) is 4.71. The number of carbonyl (C=O) groups excluding carboxylic acids is 1. The summed E-state index contributed by atoms with van der Waals surface area (Å²) in [5, 5.41) is 0. The Bertz CT molecular complexity index is 968. The van der Waals surface area contributed by atoms with Crippen molar-refractivity contribution < 1.29 is 19.0 Å². The lowest BCUT2D eigenvalue weighted by molar-refractivity contribution is 0.0801. The van der Waals surface area contributed by atoms with Crippen molar-refractivity contribution >= 4 is 17.2 Å². The van der Waals surface area contributed by atoms with Gasteiger partial charge >= 0.3 is 0 Å². The van der Waals surface area contributed by atoms with Crippen molar-refractivity contribution in [1.82, 2.24) is 4.90 Å². The SMILES string of the molecule is COc1ccc(-c2ccc(C(=O)N(C)CCc3ccccc3)s2)c(OC)c1OC. The van der Waals surface area contributed by atoms with Gasteiger partial charge in [-0.05, 0) is 36.2 Å². The van der Waals surface area contributed by atoms with Crippen molar-refractivity contribution in [3.63, 3.8) is 0 Å². The third kappa shape index (κ3) is 4.54. The minimum absolute atomic E-state index is 0.0108. The van der Waals surface area contributed by atoms with Crippen molar-refractivity contribution in [2.45, 2.75) is 6.42 Å². The molecule has 0 bridgehead atoms. The van der Waals surface area contributed by atoms with Crippen LogP contribution in [0.4, 0.5) is 0 Å². The molecule has 3 rings (SSSR count). The maximum Gasteiger partial charge on any atom is 0.263 e.